The minimum absolute atomic E-state index is 0.0280. The quantitative estimate of drug-likeness (QED) is 0.780. The maximum absolute atomic E-state index is 12.3. The zero-order chi connectivity index (χ0) is 16.4. The van der Waals surface area contributed by atoms with Gasteiger partial charge in [0.25, 0.3) is 5.91 Å². The number of H-pyrrole nitrogens is 1. The Hall–Kier alpha value is -3.15. The molecule has 1 amide bonds. The zero-order valence-corrected chi connectivity index (χ0v) is 12.8. The Labute approximate surface area is 132 Å². The molecule has 0 aliphatic heterocycles. The number of rotatable bonds is 3. The van der Waals surface area contributed by atoms with E-state index in [4.69, 9.17) is 0 Å². The molecule has 2 N–H and O–H groups in total. The summed E-state index contributed by atoms with van der Waals surface area (Å²) in [6, 6.07) is 14.6. The maximum Gasteiger partial charge on any atom is 0.348 e. The molecule has 0 unspecified atom stereocenters. The zero-order valence-electron chi connectivity index (χ0n) is 12.8. The SMILES string of the molecule is Cc1cccc(NC(=O)c2nn(-c3ccccc3)c(=O)[nH]2)c1C. The van der Waals surface area contributed by atoms with Gasteiger partial charge in [-0.2, -0.15) is 4.68 Å². The second kappa shape index (κ2) is 5.92. The fourth-order valence-corrected chi connectivity index (χ4v) is 2.24. The van der Waals surface area contributed by atoms with E-state index in [0.717, 1.165) is 15.8 Å². The molecule has 6 heteroatoms. The van der Waals surface area contributed by atoms with E-state index in [-0.39, 0.29) is 5.82 Å². The Morgan fingerprint density at radius 3 is 2.57 bits per heavy atom. The average molecular weight is 308 g/mol. The van der Waals surface area contributed by atoms with Crippen molar-refractivity contribution < 1.29 is 4.79 Å². The fraction of sp³-hybridized carbons (Fsp3) is 0.118. The Kier molecular flexibility index (Phi) is 3.80. The molecule has 6 nitrogen and oxygen atoms in total. The monoisotopic (exact) mass is 308 g/mol. The van der Waals surface area contributed by atoms with Crippen LogP contribution in [0.2, 0.25) is 0 Å². The number of para-hydroxylation sites is 1. The van der Waals surface area contributed by atoms with Gasteiger partial charge in [0.2, 0.25) is 5.82 Å². The first kappa shape index (κ1) is 14.8. The van der Waals surface area contributed by atoms with E-state index in [1.54, 1.807) is 24.3 Å². The number of nitrogens with one attached hydrogen (secondary N) is 2. The first-order valence-corrected chi connectivity index (χ1v) is 7.18. The van der Waals surface area contributed by atoms with Gasteiger partial charge in [-0.15, -0.1) is 5.10 Å². The molecule has 0 bridgehead atoms. The number of nitrogens with zero attached hydrogens (tertiary/aromatic N) is 2. The highest BCUT2D eigenvalue weighted by molar-refractivity contribution is 6.02. The van der Waals surface area contributed by atoms with Gasteiger partial charge in [-0.25, -0.2) is 4.79 Å². The number of aromatic nitrogens is 3. The number of aromatic amines is 1. The van der Waals surface area contributed by atoms with Crippen molar-refractivity contribution in [3.05, 3.63) is 76.0 Å². The molecule has 0 radical (unpaired) electrons. The van der Waals surface area contributed by atoms with Crippen LogP contribution in [0.15, 0.2) is 53.3 Å². The summed E-state index contributed by atoms with van der Waals surface area (Å²) in [6.45, 7) is 3.90. The second-order valence-electron chi connectivity index (χ2n) is 5.23. The molecule has 0 spiro atoms. The van der Waals surface area contributed by atoms with E-state index in [1.807, 2.05) is 38.1 Å². The summed E-state index contributed by atoms with van der Waals surface area (Å²) in [7, 11) is 0. The van der Waals surface area contributed by atoms with Crippen LogP contribution in [0.5, 0.6) is 0 Å². The van der Waals surface area contributed by atoms with Crippen LogP contribution >= 0.6 is 0 Å². The summed E-state index contributed by atoms with van der Waals surface area (Å²) >= 11 is 0. The Morgan fingerprint density at radius 1 is 1.09 bits per heavy atom. The topological polar surface area (TPSA) is 79.8 Å². The highest BCUT2D eigenvalue weighted by Gasteiger charge is 2.15. The van der Waals surface area contributed by atoms with Gasteiger partial charge >= 0.3 is 5.69 Å². The Morgan fingerprint density at radius 2 is 1.83 bits per heavy atom. The van der Waals surface area contributed by atoms with Crippen molar-refractivity contribution in [2.45, 2.75) is 13.8 Å². The largest absolute Gasteiger partial charge is 0.348 e. The molecule has 0 aliphatic carbocycles. The van der Waals surface area contributed by atoms with Crippen LogP contribution in [0.3, 0.4) is 0 Å². The van der Waals surface area contributed by atoms with Gasteiger partial charge in [-0.1, -0.05) is 30.3 Å². The highest BCUT2D eigenvalue weighted by atomic mass is 16.2. The van der Waals surface area contributed by atoms with Crippen LogP contribution < -0.4 is 11.0 Å². The third kappa shape index (κ3) is 2.91. The number of aryl methyl sites for hydroxylation is 1. The summed E-state index contributed by atoms with van der Waals surface area (Å²) in [5, 5.41) is 6.84. The Bertz CT molecular complexity index is 910. The second-order valence-corrected chi connectivity index (χ2v) is 5.23. The third-order valence-electron chi connectivity index (χ3n) is 3.69. The highest BCUT2D eigenvalue weighted by Crippen LogP contribution is 2.18. The van der Waals surface area contributed by atoms with Crippen molar-refractivity contribution in [2.24, 2.45) is 0 Å². The van der Waals surface area contributed by atoms with Gasteiger partial charge in [-0.05, 0) is 43.2 Å². The van der Waals surface area contributed by atoms with Crippen molar-refractivity contribution in [3.63, 3.8) is 0 Å². The van der Waals surface area contributed by atoms with Crippen LogP contribution in [-0.2, 0) is 0 Å². The fourth-order valence-electron chi connectivity index (χ4n) is 2.24. The lowest BCUT2D eigenvalue weighted by molar-refractivity contribution is 0.101. The number of amides is 1. The lowest BCUT2D eigenvalue weighted by Gasteiger charge is -2.08. The third-order valence-corrected chi connectivity index (χ3v) is 3.69. The molecule has 23 heavy (non-hydrogen) atoms. The number of carbonyl (C=O) groups excluding carboxylic acids is 1. The number of benzene rings is 2. The molecule has 3 rings (SSSR count). The van der Waals surface area contributed by atoms with Crippen LogP contribution in [0.1, 0.15) is 21.7 Å². The molecular weight excluding hydrogens is 292 g/mol. The van der Waals surface area contributed by atoms with E-state index >= 15 is 0 Å². The number of hydrogen-bond acceptors (Lipinski definition) is 3. The molecule has 1 aromatic heterocycles. The molecule has 1 heterocycles. The summed E-state index contributed by atoms with van der Waals surface area (Å²) in [5.74, 6) is -0.481. The molecule has 3 aromatic rings. The van der Waals surface area contributed by atoms with Crippen molar-refractivity contribution in [3.8, 4) is 5.69 Å². The van der Waals surface area contributed by atoms with Gasteiger partial charge in [0.15, 0.2) is 0 Å². The minimum Gasteiger partial charge on any atom is -0.319 e. The summed E-state index contributed by atoms with van der Waals surface area (Å²) < 4.78 is 1.16. The van der Waals surface area contributed by atoms with Gasteiger partial charge in [0.05, 0.1) is 5.69 Å². The Balaban J connectivity index is 1.89. The predicted molar refractivity (Wildman–Crippen MR) is 88.1 cm³/mol. The van der Waals surface area contributed by atoms with Crippen LogP contribution in [0, 0.1) is 13.8 Å². The smallest absolute Gasteiger partial charge is 0.319 e. The van der Waals surface area contributed by atoms with E-state index in [9.17, 15) is 9.59 Å². The van der Waals surface area contributed by atoms with E-state index in [1.165, 1.54) is 0 Å². The lowest BCUT2D eigenvalue weighted by atomic mass is 10.1. The molecule has 0 aliphatic rings. The number of anilines is 1. The molecule has 2 aromatic carbocycles. The summed E-state index contributed by atoms with van der Waals surface area (Å²) in [6.07, 6.45) is 0. The van der Waals surface area contributed by atoms with Gasteiger partial charge in [0.1, 0.15) is 0 Å². The number of carbonyl (C=O) groups is 1. The first-order chi connectivity index (χ1) is 11.1. The first-order valence-electron chi connectivity index (χ1n) is 7.18. The van der Waals surface area contributed by atoms with E-state index in [2.05, 4.69) is 15.4 Å². The lowest BCUT2D eigenvalue weighted by Crippen LogP contribution is -2.16. The summed E-state index contributed by atoms with van der Waals surface area (Å²) in [5.41, 5.74) is 2.89. The van der Waals surface area contributed by atoms with Gasteiger partial charge < -0.3 is 5.32 Å². The van der Waals surface area contributed by atoms with Crippen LogP contribution in [0.4, 0.5) is 5.69 Å². The molecule has 0 atom stereocenters. The average Bonchev–Trinajstić information content (AvgIpc) is 2.95. The van der Waals surface area contributed by atoms with Crippen molar-refractivity contribution in [2.75, 3.05) is 5.32 Å². The maximum atomic E-state index is 12.3. The van der Waals surface area contributed by atoms with Crippen molar-refractivity contribution in [1.82, 2.24) is 14.8 Å². The minimum atomic E-state index is -0.456. The van der Waals surface area contributed by atoms with Crippen LogP contribution in [0.25, 0.3) is 5.69 Å². The van der Waals surface area contributed by atoms with Crippen molar-refractivity contribution >= 4 is 11.6 Å². The molecular formula is C17H16N4O2. The van der Waals surface area contributed by atoms with Crippen LogP contribution in [-0.4, -0.2) is 20.7 Å². The summed E-state index contributed by atoms with van der Waals surface area (Å²) in [4.78, 5) is 26.8. The van der Waals surface area contributed by atoms with Gasteiger partial charge in [0, 0.05) is 5.69 Å². The molecule has 0 fully saturated rings. The van der Waals surface area contributed by atoms with Gasteiger partial charge in [-0.3, -0.25) is 9.78 Å². The van der Waals surface area contributed by atoms with Crippen molar-refractivity contribution in [1.29, 1.82) is 0 Å². The van der Waals surface area contributed by atoms with E-state index < -0.39 is 11.6 Å². The number of hydrogen-bond donors (Lipinski definition) is 2. The normalized spacial score (nSPS) is 10.5. The predicted octanol–water partition coefficient (Wildman–Crippen LogP) is 2.43. The van der Waals surface area contributed by atoms with E-state index in [0.29, 0.717) is 11.4 Å². The molecule has 0 saturated carbocycles. The molecule has 116 valence electrons. The molecule has 0 saturated heterocycles. The standard InChI is InChI=1S/C17H16N4O2/c1-11-7-6-10-14(12(11)2)18-16(22)15-19-17(23)21(20-15)13-8-4-3-5-9-13/h3-10H,1-2H3,(H,18,22)(H,19,20,23).